The lowest BCUT2D eigenvalue weighted by molar-refractivity contribution is -0.123. The molecule has 0 radical (unpaired) electrons. The lowest BCUT2D eigenvalue weighted by Crippen LogP contribution is -2.28. The van der Waals surface area contributed by atoms with E-state index in [0.29, 0.717) is 24.7 Å². The van der Waals surface area contributed by atoms with Gasteiger partial charge >= 0.3 is 0 Å². The Balaban J connectivity index is 1.52. The summed E-state index contributed by atoms with van der Waals surface area (Å²) in [6.07, 6.45) is 0. The Labute approximate surface area is 163 Å². The molecule has 3 aromatic rings. The summed E-state index contributed by atoms with van der Waals surface area (Å²) in [6.45, 7) is 4.81. The Morgan fingerprint density at radius 1 is 1.07 bits per heavy atom. The van der Waals surface area contributed by atoms with Crippen LogP contribution < -0.4 is 14.8 Å². The maximum absolute atomic E-state index is 12.1. The van der Waals surface area contributed by atoms with Gasteiger partial charge in [-0.1, -0.05) is 36.4 Å². The Bertz CT molecular complexity index is 908. The number of ether oxygens (including phenoxy) is 2. The number of aryl methyl sites for hydroxylation is 1. The zero-order valence-corrected chi connectivity index (χ0v) is 16.2. The molecule has 0 atom stereocenters. The van der Waals surface area contributed by atoms with Gasteiger partial charge in [-0.15, -0.1) is 11.3 Å². The number of amides is 1. The first-order valence-corrected chi connectivity index (χ1v) is 9.67. The summed E-state index contributed by atoms with van der Waals surface area (Å²) < 4.78 is 11.1. The van der Waals surface area contributed by atoms with Crippen LogP contribution in [0.25, 0.3) is 10.6 Å². The average molecular weight is 382 g/mol. The minimum Gasteiger partial charge on any atom is -0.490 e. The molecule has 5 nitrogen and oxygen atoms in total. The standard InChI is InChI=1S/C21H22N2O3S/c1-3-25-18-10-6-7-11-19(18)26-13-20(24)22-12-16-14-27-21(23-16)17-9-5-4-8-15(17)2/h4-11,14H,3,12-13H2,1-2H3,(H,22,24). The maximum Gasteiger partial charge on any atom is 0.258 e. The molecule has 0 bridgehead atoms. The number of hydrogen-bond acceptors (Lipinski definition) is 5. The second-order valence-electron chi connectivity index (χ2n) is 5.90. The van der Waals surface area contributed by atoms with Crippen LogP contribution in [0.15, 0.2) is 53.9 Å². The van der Waals surface area contributed by atoms with Crippen LogP contribution in [0.1, 0.15) is 18.2 Å². The molecule has 0 aliphatic rings. The van der Waals surface area contributed by atoms with Crippen molar-refractivity contribution in [3.63, 3.8) is 0 Å². The second-order valence-corrected chi connectivity index (χ2v) is 6.76. The minimum absolute atomic E-state index is 0.0706. The molecular weight excluding hydrogens is 360 g/mol. The largest absolute Gasteiger partial charge is 0.490 e. The molecular formula is C21H22N2O3S. The van der Waals surface area contributed by atoms with Gasteiger partial charge in [0.15, 0.2) is 18.1 Å². The molecule has 27 heavy (non-hydrogen) atoms. The maximum atomic E-state index is 12.1. The van der Waals surface area contributed by atoms with Crippen LogP contribution in [0.5, 0.6) is 11.5 Å². The van der Waals surface area contributed by atoms with Crippen LogP contribution in [-0.4, -0.2) is 24.1 Å². The van der Waals surface area contributed by atoms with Gasteiger partial charge in [0.05, 0.1) is 18.8 Å². The first-order chi connectivity index (χ1) is 13.2. The number of carbonyl (C=O) groups is 1. The quantitative estimate of drug-likeness (QED) is 0.634. The van der Waals surface area contributed by atoms with Crippen LogP contribution in [0, 0.1) is 6.92 Å². The topological polar surface area (TPSA) is 60.5 Å². The number of hydrogen-bond donors (Lipinski definition) is 1. The molecule has 1 heterocycles. The van der Waals surface area contributed by atoms with E-state index < -0.39 is 0 Å². The van der Waals surface area contributed by atoms with Gasteiger partial charge in [0, 0.05) is 10.9 Å². The monoisotopic (exact) mass is 382 g/mol. The Kier molecular flexibility index (Phi) is 6.44. The van der Waals surface area contributed by atoms with E-state index in [0.717, 1.165) is 16.3 Å². The highest BCUT2D eigenvalue weighted by atomic mass is 32.1. The van der Waals surface area contributed by atoms with Crippen molar-refractivity contribution in [2.45, 2.75) is 20.4 Å². The molecule has 2 aromatic carbocycles. The van der Waals surface area contributed by atoms with E-state index in [9.17, 15) is 4.79 Å². The van der Waals surface area contributed by atoms with E-state index >= 15 is 0 Å². The molecule has 6 heteroatoms. The average Bonchev–Trinajstić information content (AvgIpc) is 3.15. The summed E-state index contributed by atoms with van der Waals surface area (Å²) in [5.41, 5.74) is 3.14. The Morgan fingerprint density at radius 3 is 2.52 bits per heavy atom. The number of thiazole rings is 1. The van der Waals surface area contributed by atoms with Crippen LogP contribution in [0.4, 0.5) is 0 Å². The van der Waals surface area contributed by atoms with E-state index in [1.165, 1.54) is 5.56 Å². The number of para-hydroxylation sites is 2. The highest BCUT2D eigenvalue weighted by Crippen LogP contribution is 2.27. The number of rotatable bonds is 8. The van der Waals surface area contributed by atoms with Crippen molar-refractivity contribution in [3.8, 4) is 22.1 Å². The predicted octanol–water partition coefficient (Wildman–Crippen LogP) is 4.21. The van der Waals surface area contributed by atoms with Gasteiger partial charge in [-0.25, -0.2) is 4.98 Å². The van der Waals surface area contributed by atoms with Gasteiger partial charge in [-0.2, -0.15) is 0 Å². The number of nitrogens with zero attached hydrogens (tertiary/aromatic N) is 1. The van der Waals surface area contributed by atoms with Gasteiger partial charge in [-0.05, 0) is 31.5 Å². The molecule has 1 aromatic heterocycles. The molecule has 140 valence electrons. The highest BCUT2D eigenvalue weighted by molar-refractivity contribution is 7.13. The van der Waals surface area contributed by atoms with Crippen molar-refractivity contribution in [3.05, 3.63) is 65.2 Å². The molecule has 0 fully saturated rings. The van der Waals surface area contributed by atoms with Crippen LogP contribution >= 0.6 is 11.3 Å². The van der Waals surface area contributed by atoms with E-state index in [1.54, 1.807) is 17.4 Å². The molecule has 0 spiro atoms. The highest BCUT2D eigenvalue weighted by Gasteiger charge is 2.10. The third-order valence-electron chi connectivity index (χ3n) is 3.90. The molecule has 1 amide bonds. The lowest BCUT2D eigenvalue weighted by atomic mass is 10.1. The van der Waals surface area contributed by atoms with Crippen molar-refractivity contribution in [2.24, 2.45) is 0 Å². The molecule has 0 saturated carbocycles. The van der Waals surface area contributed by atoms with Gasteiger partial charge in [0.25, 0.3) is 5.91 Å². The number of nitrogens with one attached hydrogen (secondary N) is 1. The van der Waals surface area contributed by atoms with Crippen molar-refractivity contribution < 1.29 is 14.3 Å². The Hall–Kier alpha value is -2.86. The van der Waals surface area contributed by atoms with Gasteiger partial charge in [0.2, 0.25) is 0 Å². The summed E-state index contributed by atoms with van der Waals surface area (Å²) >= 11 is 1.58. The SMILES string of the molecule is CCOc1ccccc1OCC(=O)NCc1csc(-c2ccccc2C)n1. The normalized spacial score (nSPS) is 10.4. The van der Waals surface area contributed by atoms with Crippen molar-refractivity contribution in [2.75, 3.05) is 13.2 Å². The second kappa shape index (κ2) is 9.19. The molecule has 0 aliphatic heterocycles. The van der Waals surface area contributed by atoms with Crippen molar-refractivity contribution in [1.82, 2.24) is 10.3 Å². The lowest BCUT2D eigenvalue weighted by Gasteiger charge is -2.11. The van der Waals surface area contributed by atoms with E-state index in [2.05, 4.69) is 29.4 Å². The number of benzene rings is 2. The summed E-state index contributed by atoms with van der Waals surface area (Å²) in [6, 6.07) is 15.5. The first-order valence-electron chi connectivity index (χ1n) is 8.79. The summed E-state index contributed by atoms with van der Waals surface area (Å²) in [7, 11) is 0. The molecule has 3 rings (SSSR count). The van der Waals surface area contributed by atoms with Crippen LogP contribution in [-0.2, 0) is 11.3 Å². The molecule has 0 saturated heterocycles. The third-order valence-corrected chi connectivity index (χ3v) is 4.83. The zero-order chi connectivity index (χ0) is 19.1. The number of carbonyl (C=O) groups excluding carboxylic acids is 1. The smallest absolute Gasteiger partial charge is 0.258 e. The third kappa shape index (κ3) is 5.08. The fourth-order valence-corrected chi connectivity index (χ4v) is 3.46. The Morgan fingerprint density at radius 2 is 1.78 bits per heavy atom. The van der Waals surface area contributed by atoms with Gasteiger partial charge in [0.1, 0.15) is 5.01 Å². The van der Waals surface area contributed by atoms with Crippen molar-refractivity contribution in [1.29, 1.82) is 0 Å². The fourth-order valence-electron chi connectivity index (χ4n) is 2.55. The predicted molar refractivity (Wildman–Crippen MR) is 107 cm³/mol. The molecule has 0 aliphatic carbocycles. The number of aromatic nitrogens is 1. The van der Waals surface area contributed by atoms with Crippen LogP contribution in [0.3, 0.4) is 0 Å². The minimum atomic E-state index is -0.202. The molecule has 1 N–H and O–H groups in total. The van der Waals surface area contributed by atoms with E-state index in [-0.39, 0.29) is 12.5 Å². The zero-order valence-electron chi connectivity index (χ0n) is 15.4. The van der Waals surface area contributed by atoms with Crippen molar-refractivity contribution >= 4 is 17.2 Å². The van der Waals surface area contributed by atoms with Crippen LogP contribution in [0.2, 0.25) is 0 Å². The summed E-state index contributed by atoms with van der Waals surface area (Å²) in [5.74, 6) is 0.993. The summed E-state index contributed by atoms with van der Waals surface area (Å²) in [4.78, 5) is 16.7. The first kappa shape index (κ1) is 18.9. The summed E-state index contributed by atoms with van der Waals surface area (Å²) in [5, 5.41) is 5.76. The van der Waals surface area contributed by atoms with E-state index in [4.69, 9.17) is 9.47 Å². The molecule has 0 unspecified atom stereocenters. The van der Waals surface area contributed by atoms with Gasteiger partial charge < -0.3 is 14.8 Å². The van der Waals surface area contributed by atoms with Gasteiger partial charge in [-0.3, -0.25) is 4.79 Å². The van der Waals surface area contributed by atoms with E-state index in [1.807, 2.05) is 42.6 Å². The fraction of sp³-hybridized carbons (Fsp3) is 0.238.